The van der Waals surface area contributed by atoms with E-state index in [1.54, 1.807) is 12.2 Å². The fourth-order valence-corrected chi connectivity index (χ4v) is 1.34. The molecule has 0 aromatic carbocycles. The van der Waals surface area contributed by atoms with Crippen LogP contribution in [0.15, 0.2) is 34.5 Å². The maximum Gasteiger partial charge on any atom is 0.240 e. The van der Waals surface area contributed by atoms with Gasteiger partial charge in [0, 0.05) is 25.3 Å². The lowest BCUT2D eigenvalue weighted by atomic mass is 10.1. The molecule has 6 nitrogen and oxygen atoms in total. The van der Waals surface area contributed by atoms with Crippen molar-refractivity contribution >= 4 is 24.2 Å². The van der Waals surface area contributed by atoms with Gasteiger partial charge in [-0.3, -0.25) is 9.59 Å². The molecule has 0 atom stereocenters. The molecule has 0 saturated carbocycles. The Labute approximate surface area is 126 Å². The van der Waals surface area contributed by atoms with E-state index in [0.717, 1.165) is 19.3 Å². The van der Waals surface area contributed by atoms with Gasteiger partial charge < -0.3 is 0 Å². The Morgan fingerprint density at radius 2 is 1.24 bits per heavy atom. The van der Waals surface area contributed by atoms with Gasteiger partial charge in [-0.2, -0.15) is 10.2 Å². The summed E-state index contributed by atoms with van der Waals surface area (Å²) in [5.74, 6) is -0.229. The van der Waals surface area contributed by atoms with Crippen LogP contribution < -0.4 is 10.9 Å². The van der Waals surface area contributed by atoms with Crippen LogP contribution in [-0.2, 0) is 9.59 Å². The second-order valence-electron chi connectivity index (χ2n) is 4.24. The van der Waals surface area contributed by atoms with Gasteiger partial charge in [-0.15, -0.1) is 0 Å². The lowest BCUT2D eigenvalue weighted by Crippen LogP contribution is -2.17. The summed E-state index contributed by atoms with van der Waals surface area (Å²) in [5, 5.41) is 7.48. The van der Waals surface area contributed by atoms with Gasteiger partial charge in [0.1, 0.15) is 0 Å². The van der Waals surface area contributed by atoms with Crippen LogP contribution in [0.3, 0.4) is 0 Å². The average molecular weight is 292 g/mol. The number of hydrogen-bond acceptors (Lipinski definition) is 4. The maximum atomic E-state index is 11.4. The number of nitrogens with zero attached hydrogens (tertiary/aromatic N) is 2. The predicted octanol–water partition coefficient (Wildman–Crippen LogP) is 2.29. The number of carbonyl (C=O) groups excluding carboxylic acids is 2. The SMILES string of the molecule is C/C=C/C=N/NC(=O)CCCCCC(=O)N/N=C/C=C/C. The van der Waals surface area contributed by atoms with E-state index in [4.69, 9.17) is 0 Å². The van der Waals surface area contributed by atoms with Crippen molar-refractivity contribution in [2.24, 2.45) is 10.2 Å². The van der Waals surface area contributed by atoms with Gasteiger partial charge in [0.15, 0.2) is 0 Å². The fourth-order valence-electron chi connectivity index (χ4n) is 1.34. The third-order valence-corrected chi connectivity index (χ3v) is 2.39. The second-order valence-corrected chi connectivity index (χ2v) is 4.24. The van der Waals surface area contributed by atoms with Crippen LogP contribution in [-0.4, -0.2) is 24.2 Å². The molecule has 0 rings (SSSR count). The molecule has 0 aliphatic carbocycles. The molecule has 0 saturated heterocycles. The maximum absolute atomic E-state index is 11.4. The molecule has 6 heteroatoms. The van der Waals surface area contributed by atoms with E-state index in [0.29, 0.717) is 12.8 Å². The Balaban J connectivity index is 3.54. The molecule has 0 radical (unpaired) electrons. The largest absolute Gasteiger partial charge is 0.273 e. The zero-order valence-electron chi connectivity index (χ0n) is 12.7. The summed E-state index contributed by atoms with van der Waals surface area (Å²) >= 11 is 0. The molecule has 0 aromatic rings. The van der Waals surface area contributed by atoms with Crippen molar-refractivity contribution in [1.29, 1.82) is 0 Å². The Bertz CT molecular complexity index is 374. The van der Waals surface area contributed by atoms with Crippen molar-refractivity contribution in [3.05, 3.63) is 24.3 Å². The highest BCUT2D eigenvalue weighted by atomic mass is 16.2. The molecule has 2 N–H and O–H groups in total. The van der Waals surface area contributed by atoms with Gasteiger partial charge in [-0.25, -0.2) is 10.9 Å². The molecule has 2 amide bonds. The van der Waals surface area contributed by atoms with E-state index >= 15 is 0 Å². The summed E-state index contributed by atoms with van der Waals surface area (Å²) in [6.45, 7) is 3.74. The second kappa shape index (κ2) is 14.2. The minimum Gasteiger partial charge on any atom is -0.273 e. The Hall–Kier alpha value is -2.24. The number of hydrazone groups is 2. The summed E-state index contributed by atoms with van der Waals surface area (Å²) < 4.78 is 0. The minimum absolute atomic E-state index is 0.115. The quantitative estimate of drug-likeness (QED) is 0.368. The molecule has 0 aromatic heterocycles. The van der Waals surface area contributed by atoms with Gasteiger partial charge in [0.25, 0.3) is 0 Å². The van der Waals surface area contributed by atoms with Crippen LogP contribution >= 0.6 is 0 Å². The van der Waals surface area contributed by atoms with Crippen molar-refractivity contribution in [2.45, 2.75) is 46.0 Å². The predicted molar refractivity (Wildman–Crippen MR) is 86.0 cm³/mol. The van der Waals surface area contributed by atoms with E-state index in [1.165, 1.54) is 12.4 Å². The minimum atomic E-state index is -0.115. The molecule has 0 aliphatic rings. The number of nitrogens with one attached hydrogen (secondary N) is 2. The van der Waals surface area contributed by atoms with Crippen LogP contribution in [0.1, 0.15) is 46.0 Å². The smallest absolute Gasteiger partial charge is 0.240 e. The van der Waals surface area contributed by atoms with Gasteiger partial charge in [-0.05, 0) is 38.8 Å². The number of carbonyl (C=O) groups is 2. The van der Waals surface area contributed by atoms with Crippen LogP contribution in [0.2, 0.25) is 0 Å². The number of hydrogen-bond donors (Lipinski definition) is 2. The van der Waals surface area contributed by atoms with Gasteiger partial charge in [0.05, 0.1) is 0 Å². The first-order valence-corrected chi connectivity index (χ1v) is 7.07. The Morgan fingerprint density at radius 1 is 0.810 bits per heavy atom. The third-order valence-electron chi connectivity index (χ3n) is 2.39. The molecule has 0 aliphatic heterocycles. The van der Waals surface area contributed by atoms with Gasteiger partial charge >= 0.3 is 0 Å². The van der Waals surface area contributed by atoms with Crippen molar-refractivity contribution in [3.8, 4) is 0 Å². The van der Waals surface area contributed by atoms with Crippen LogP contribution in [0.5, 0.6) is 0 Å². The standard InChI is InChI=1S/C15H24N4O2/c1-3-5-12-16-18-14(20)10-8-7-9-11-15(21)19-17-13-6-4-2/h3-6,12-13H,7-11H2,1-2H3,(H,18,20)(H,19,21)/b5-3+,6-4+,16-12+,17-13+. The van der Waals surface area contributed by atoms with E-state index in [-0.39, 0.29) is 11.8 Å². The zero-order valence-corrected chi connectivity index (χ0v) is 12.7. The van der Waals surface area contributed by atoms with E-state index < -0.39 is 0 Å². The summed E-state index contributed by atoms with van der Waals surface area (Å²) in [7, 11) is 0. The average Bonchev–Trinajstić information content (AvgIpc) is 2.48. The van der Waals surface area contributed by atoms with E-state index in [2.05, 4.69) is 21.1 Å². The summed E-state index contributed by atoms with van der Waals surface area (Å²) in [6.07, 6.45) is 13.3. The first kappa shape index (κ1) is 18.8. The molecular weight excluding hydrogens is 268 g/mol. The highest BCUT2D eigenvalue weighted by molar-refractivity contribution is 5.79. The molecule has 0 spiro atoms. The highest BCUT2D eigenvalue weighted by Gasteiger charge is 2.01. The zero-order chi connectivity index (χ0) is 15.8. The van der Waals surface area contributed by atoms with Crippen LogP contribution in [0.25, 0.3) is 0 Å². The first-order valence-electron chi connectivity index (χ1n) is 7.07. The van der Waals surface area contributed by atoms with Crippen LogP contribution in [0, 0.1) is 0 Å². The molecule has 0 heterocycles. The van der Waals surface area contributed by atoms with E-state index in [9.17, 15) is 9.59 Å². The van der Waals surface area contributed by atoms with Gasteiger partial charge in [-0.1, -0.05) is 18.6 Å². The normalized spacial score (nSPS) is 11.9. The molecular formula is C15H24N4O2. The molecule has 116 valence electrons. The summed E-state index contributed by atoms with van der Waals surface area (Å²) in [6, 6.07) is 0. The highest BCUT2D eigenvalue weighted by Crippen LogP contribution is 2.02. The number of amides is 2. The lowest BCUT2D eigenvalue weighted by Gasteiger charge is -2.01. The fraction of sp³-hybridized carbons (Fsp3) is 0.467. The molecule has 21 heavy (non-hydrogen) atoms. The molecule has 0 bridgehead atoms. The Morgan fingerprint density at radius 3 is 1.62 bits per heavy atom. The van der Waals surface area contributed by atoms with Gasteiger partial charge in [0.2, 0.25) is 11.8 Å². The van der Waals surface area contributed by atoms with E-state index in [1.807, 2.05) is 26.0 Å². The number of allylic oxidation sites excluding steroid dienone is 4. The number of unbranched alkanes of at least 4 members (excludes halogenated alkanes) is 2. The number of rotatable bonds is 10. The molecule has 0 unspecified atom stereocenters. The molecule has 0 fully saturated rings. The van der Waals surface area contributed by atoms with Crippen molar-refractivity contribution in [1.82, 2.24) is 10.9 Å². The third kappa shape index (κ3) is 14.0. The summed E-state index contributed by atoms with van der Waals surface area (Å²) in [5.41, 5.74) is 4.86. The van der Waals surface area contributed by atoms with Crippen molar-refractivity contribution < 1.29 is 9.59 Å². The topological polar surface area (TPSA) is 82.9 Å². The van der Waals surface area contributed by atoms with Crippen molar-refractivity contribution in [2.75, 3.05) is 0 Å². The first-order chi connectivity index (χ1) is 10.2. The Kier molecular flexibility index (Phi) is 12.7. The summed E-state index contributed by atoms with van der Waals surface area (Å²) in [4.78, 5) is 22.7. The lowest BCUT2D eigenvalue weighted by molar-refractivity contribution is -0.121. The monoisotopic (exact) mass is 292 g/mol. The van der Waals surface area contributed by atoms with Crippen molar-refractivity contribution in [3.63, 3.8) is 0 Å². The van der Waals surface area contributed by atoms with Crippen LogP contribution in [0.4, 0.5) is 0 Å².